The highest BCUT2D eigenvalue weighted by molar-refractivity contribution is 5.91. The van der Waals surface area contributed by atoms with Crippen molar-refractivity contribution in [3.05, 3.63) is 11.9 Å². The molecule has 70 valence electrons. The molecule has 0 aromatic carbocycles. The molecule has 5 heteroatoms. The smallest absolute Gasteiger partial charge is 0.277 e. The lowest BCUT2D eigenvalue weighted by molar-refractivity contribution is 0.0641. The number of rotatable bonds is 2. The maximum Gasteiger partial charge on any atom is 0.277 e. The van der Waals surface area contributed by atoms with Gasteiger partial charge in [-0.05, 0) is 24.4 Å². The van der Waals surface area contributed by atoms with E-state index in [1.807, 2.05) is 0 Å². The fourth-order valence-corrected chi connectivity index (χ4v) is 1.38. The van der Waals surface area contributed by atoms with Crippen LogP contribution >= 0.6 is 0 Å². The molecule has 0 saturated heterocycles. The predicted octanol–water partition coefficient (Wildman–Crippen LogP) is 0.694. The van der Waals surface area contributed by atoms with Crippen molar-refractivity contribution in [1.82, 2.24) is 15.2 Å². The van der Waals surface area contributed by atoms with E-state index in [4.69, 9.17) is 0 Å². The Morgan fingerprint density at radius 2 is 2.46 bits per heavy atom. The summed E-state index contributed by atoms with van der Waals surface area (Å²) in [7, 11) is 1.79. The van der Waals surface area contributed by atoms with Gasteiger partial charge in [0.25, 0.3) is 5.91 Å². The summed E-state index contributed by atoms with van der Waals surface area (Å²) < 4.78 is 4.37. The van der Waals surface area contributed by atoms with Crippen LogP contribution < -0.4 is 0 Å². The van der Waals surface area contributed by atoms with E-state index in [-0.39, 0.29) is 11.6 Å². The fourth-order valence-electron chi connectivity index (χ4n) is 1.38. The molecule has 0 N–H and O–H groups in total. The molecule has 0 atom stereocenters. The number of carbonyl (C=O) groups excluding carboxylic acids is 1. The Balaban J connectivity index is 2.04. The molecule has 5 nitrogen and oxygen atoms in total. The van der Waals surface area contributed by atoms with Gasteiger partial charge in [-0.1, -0.05) is 5.16 Å². The average molecular weight is 181 g/mol. The molecule has 1 aromatic heterocycles. The van der Waals surface area contributed by atoms with Crippen molar-refractivity contribution in [3.8, 4) is 0 Å². The van der Waals surface area contributed by atoms with E-state index in [0.29, 0.717) is 6.04 Å². The molecule has 1 amide bonds. The van der Waals surface area contributed by atoms with Crippen LogP contribution in [0.4, 0.5) is 0 Å². The van der Waals surface area contributed by atoms with Gasteiger partial charge in [-0.3, -0.25) is 4.79 Å². The van der Waals surface area contributed by atoms with Crippen molar-refractivity contribution in [2.45, 2.75) is 25.3 Å². The van der Waals surface area contributed by atoms with Gasteiger partial charge in [-0.2, -0.15) is 0 Å². The Hall–Kier alpha value is -1.39. The number of amides is 1. The van der Waals surface area contributed by atoms with Gasteiger partial charge in [0.05, 0.1) is 0 Å². The van der Waals surface area contributed by atoms with Crippen LogP contribution in [-0.4, -0.2) is 34.2 Å². The lowest BCUT2D eigenvalue weighted by atomic mass is 9.92. The number of hydrogen-bond donors (Lipinski definition) is 0. The van der Waals surface area contributed by atoms with Crippen LogP contribution in [0.2, 0.25) is 0 Å². The monoisotopic (exact) mass is 181 g/mol. The average Bonchev–Trinajstić information content (AvgIpc) is 2.51. The number of aromatic nitrogens is 2. The first-order valence-electron chi connectivity index (χ1n) is 4.34. The molecule has 1 heterocycles. The van der Waals surface area contributed by atoms with Crippen molar-refractivity contribution >= 4 is 5.91 Å². The summed E-state index contributed by atoms with van der Waals surface area (Å²) in [6, 6.07) is 0.379. The zero-order valence-electron chi connectivity index (χ0n) is 7.43. The standard InChI is InChI=1S/C8H11N3O2/c1-11(6-3-2-4-6)8(12)7-5-9-13-10-7/h5-6H,2-4H2,1H3. The highest BCUT2D eigenvalue weighted by Gasteiger charge is 2.27. The highest BCUT2D eigenvalue weighted by Crippen LogP contribution is 2.24. The molecule has 1 aromatic rings. The quantitative estimate of drug-likeness (QED) is 0.673. The van der Waals surface area contributed by atoms with Gasteiger partial charge in [0.1, 0.15) is 6.20 Å². The third-order valence-electron chi connectivity index (χ3n) is 2.52. The first-order chi connectivity index (χ1) is 6.29. The molecule has 1 fully saturated rings. The van der Waals surface area contributed by atoms with Gasteiger partial charge in [-0.25, -0.2) is 4.63 Å². The van der Waals surface area contributed by atoms with Crippen LogP contribution in [0.25, 0.3) is 0 Å². The van der Waals surface area contributed by atoms with E-state index >= 15 is 0 Å². The van der Waals surface area contributed by atoms with Crippen LogP contribution in [0.1, 0.15) is 29.8 Å². The Morgan fingerprint density at radius 3 is 2.92 bits per heavy atom. The van der Waals surface area contributed by atoms with E-state index in [1.165, 1.54) is 12.6 Å². The minimum atomic E-state index is -0.106. The number of hydrogen-bond acceptors (Lipinski definition) is 4. The molecule has 1 aliphatic rings. The summed E-state index contributed by atoms with van der Waals surface area (Å²) >= 11 is 0. The first kappa shape index (κ1) is 8.22. The molecule has 2 rings (SSSR count). The van der Waals surface area contributed by atoms with Crippen LogP contribution in [0.3, 0.4) is 0 Å². The van der Waals surface area contributed by atoms with Gasteiger partial charge in [0.2, 0.25) is 0 Å². The molecule has 13 heavy (non-hydrogen) atoms. The Morgan fingerprint density at radius 1 is 1.69 bits per heavy atom. The SMILES string of the molecule is CN(C(=O)c1cnon1)C1CCC1. The summed E-state index contributed by atoms with van der Waals surface area (Å²) in [5.41, 5.74) is 0.286. The fraction of sp³-hybridized carbons (Fsp3) is 0.625. The van der Waals surface area contributed by atoms with E-state index in [1.54, 1.807) is 11.9 Å². The van der Waals surface area contributed by atoms with E-state index < -0.39 is 0 Å². The third kappa shape index (κ3) is 1.41. The van der Waals surface area contributed by atoms with Crippen LogP contribution in [-0.2, 0) is 0 Å². The first-order valence-corrected chi connectivity index (χ1v) is 4.34. The van der Waals surface area contributed by atoms with E-state index in [0.717, 1.165) is 12.8 Å². The topological polar surface area (TPSA) is 59.2 Å². The Labute approximate surface area is 75.7 Å². The van der Waals surface area contributed by atoms with Gasteiger partial charge >= 0.3 is 0 Å². The molecular weight excluding hydrogens is 170 g/mol. The second-order valence-corrected chi connectivity index (χ2v) is 3.29. The largest absolute Gasteiger partial charge is 0.337 e. The maximum absolute atomic E-state index is 11.6. The second kappa shape index (κ2) is 3.16. The van der Waals surface area contributed by atoms with Gasteiger partial charge in [-0.15, -0.1) is 0 Å². The lowest BCUT2D eigenvalue weighted by Crippen LogP contribution is -2.41. The van der Waals surface area contributed by atoms with Gasteiger partial charge in [0.15, 0.2) is 5.69 Å². The number of nitrogens with zero attached hydrogens (tertiary/aromatic N) is 3. The summed E-state index contributed by atoms with van der Waals surface area (Å²) in [5, 5.41) is 6.90. The minimum absolute atomic E-state index is 0.106. The van der Waals surface area contributed by atoms with E-state index in [2.05, 4.69) is 14.9 Å². The van der Waals surface area contributed by atoms with Crippen molar-refractivity contribution in [2.24, 2.45) is 0 Å². The van der Waals surface area contributed by atoms with E-state index in [9.17, 15) is 4.79 Å². The Bertz CT molecular complexity index is 292. The number of carbonyl (C=O) groups is 1. The normalized spacial score (nSPS) is 16.7. The lowest BCUT2D eigenvalue weighted by Gasteiger charge is -2.34. The molecule has 1 saturated carbocycles. The van der Waals surface area contributed by atoms with Gasteiger partial charge in [0, 0.05) is 13.1 Å². The van der Waals surface area contributed by atoms with Crippen LogP contribution in [0.5, 0.6) is 0 Å². The summed E-state index contributed by atoms with van der Waals surface area (Å²) in [4.78, 5) is 13.3. The van der Waals surface area contributed by atoms with Crippen molar-refractivity contribution in [1.29, 1.82) is 0 Å². The molecular formula is C8H11N3O2. The van der Waals surface area contributed by atoms with Crippen molar-refractivity contribution in [2.75, 3.05) is 7.05 Å². The molecule has 0 aliphatic heterocycles. The van der Waals surface area contributed by atoms with Crippen molar-refractivity contribution < 1.29 is 9.42 Å². The zero-order valence-corrected chi connectivity index (χ0v) is 7.43. The minimum Gasteiger partial charge on any atom is -0.337 e. The van der Waals surface area contributed by atoms with Crippen LogP contribution in [0, 0.1) is 0 Å². The molecule has 0 unspecified atom stereocenters. The molecule has 0 radical (unpaired) electrons. The zero-order chi connectivity index (χ0) is 9.26. The molecule has 0 spiro atoms. The molecule has 0 bridgehead atoms. The predicted molar refractivity (Wildman–Crippen MR) is 44.0 cm³/mol. The Kier molecular flexibility index (Phi) is 2.00. The highest BCUT2D eigenvalue weighted by atomic mass is 16.6. The van der Waals surface area contributed by atoms with Crippen molar-refractivity contribution in [3.63, 3.8) is 0 Å². The van der Waals surface area contributed by atoms with Gasteiger partial charge < -0.3 is 4.90 Å². The summed E-state index contributed by atoms with van der Waals surface area (Å²) in [6.45, 7) is 0. The second-order valence-electron chi connectivity index (χ2n) is 3.29. The van der Waals surface area contributed by atoms with Crippen LogP contribution in [0.15, 0.2) is 10.8 Å². The summed E-state index contributed by atoms with van der Waals surface area (Å²) in [5.74, 6) is -0.106. The third-order valence-corrected chi connectivity index (χ3v) is 2.52. The maximum atomic E-state index is 11.6. The molecule has 1 aliphatic carbocycles. The summed E-state index contributed by atoms with van der Waals surface area (Å²) in [6.07, 6.45) is 4.73.